The van der Waals surface area contributed by atoms with Crippen molar-refractivity contribution >= 4 is 44.7 Å². The van der Waals surface area contributed by atoms with E-state index in [1.807, 2.05) is 43.3 Å². The molecule has 1 N–H and O–H groups in total. The Hall–Kier alpha value is -2.18. The predicted molar refractivity (Wildman–Crippen MR) is 100 cm³/mol. The molecule has 1 aliphatic carbocycles. The van der Waals surface area contributed by atoms with Crippen LogP contribution in [-0.4, -0.2) is 18.9 Å². The number of fused-ring (bicyclic) bond motifs is 2. The second-order valence-electron chi connectivity index (χ2n) is 5.89. The molecule has 0 unspecified atom stereocenters. The van der Waals surface area contributed by atoms with Crippen LogP contribution in [0.3, 0.4) is 0 Å². The number of dihydropyridines is 1. The molecule has 4 nitrogen and oxygen atoms in total. The molecule has 1 atom stereocenters. The fourth-order valence-electron chi connectivity index (χ4n) is 3.48. The molecular weight excluding hydrogens is 402 g/mol. The number of ketones is 1. The molecule has 0 spiro atoms. The third-order valence-electron chi connectivity index (χ3n) is 4.53. The Balaban J connectivity index is 1.96. The Morgan fingerprint density at radius 1 is 1.20 bits per heavy atom. The largest absolute Gasteiger partial charge is 0.466 e. The summed E-state index contributed by atoms with van der Waals surface area (Å²) in [7, 11) is 1.36. The van der Waals surface area contributed by atoms with Crippen LogP contribution in [0, 0.1) is 0 Å². The van der Waals surface area contributed by atoms with Crippen LogP contribution in [0.2, 0.25) is 0 Å². The average molecular weight is 416 g/mol. The highest BCUT2D eigenvalue weighted by Gasteiger charge is 2.43. The summed E-state index contributed by atoms with van der Waals surface area (Å²) in [6.07, 6.45) is 0. The maximum atomic E-state index is 13.1. The van der Waals surface area contributed by atoms with E-state index in [0.29, 0.717) is 22.4 Å². The number of Topliss-reactive ketones (excluding diaryl/α,β-unsaturated/α-hetero) is 1. The van der Waals surface area contributed by atoms with Crippen molar-refractivity contribution in [3.05, 3.63) is 73.0 Å². The Morgan fingerprint density at radius 2 is 1.92 bits per heavy atom. The lowest BCUT2D eigenvalue weighted by Crippen LogP contribution is -2.28. The van der Waals surface area contributed by atoms with Crippen LogP contribution in [0.4, 0.5) is 0 Å². The van der Waals surface area contributed by atoms with Crippen molar-refractivity contribution in [2.24, 2.45) is 0 Å². The number of allylic oxidation sites excluding steroid dienone is 2. The van der Waals surface area contributed by atoms with Gasteiger partial charge in [0.25, 0.3) is 0 Å². The summed E-state index contributed by atoms with van der Waals surface area (Å²) in [5.41, 5.74) is 4.15. The third-order valence-corrected chi connectivity index (χ3v) is 6.22. The van der Waals surface area contributed by atoms with E-state index < -0.39 is 11.9 Å². The minimum absolute atomic E-state index is 0.0403. The van der Waals surface area contributed by atoms with Crippen molar-refractivity contribution in [3.8, 4) is 0 Å². The molecule has 0 fully saturated rings. The molecule has 126 valence electrons. The summed E-state index contributed by atoms with van der Waals surface area (Å²) >= 11 is 4.99. The summed E-state index contributed by atoms with van der Waals surface area (Å²) in [5.74, 6) is -0.892. The lowest BCUT2D eigenvalue weighted by atomic mass is 9.83. The van der Waals surface area contributed by atoms with Crippen molar-refractivity contribution in [1.82, 2.24) is 5.32 Å². The second-order valence-corrected chi connectivity index (χ2v) is 8.39. The summed E-state index contributed by atoms with van der Waals surface area (Å²) in [6, 6.07) is 11.4. The number of rotatable bonds is 2. The van der Waals surface area contributed by atoms with E-state index in [1.54, 1.807) is 0 Å². The van der Waals surface area contributed by atoms with Crippen LogP contribution >= 0.6 is 27.3 Å². The van der Waals surface area contributed by atoms with E-state index in [9.17, 15) is 9.59 Å². The Labute approximate surface area is 157 Å². The average Bonchev–Trinajstić information content (AvgIpc) is 3.16. The Morgan fingerprint density at radius 3 is 2.56 bits per heavy atom. The van der Waals surface area contributed by atoms with Crippen molar-refractivity contribution in [2.45, 2.75) is 12.8 Å². The molecule has 0 saturated heterocycles. The van der Waals surface area contributed by atoms with Gasteiger partial charge >= 0.3 is 5.97 Å². The molecule has 2 heterocycles. The van der Waals surface area contributed by atoms with Crippen LogP contribution in [0.1, 0.15) is 33.6 Å². The van der Waals surface area contributed by atoms with Gasteiger partial charge in [0.1, 0.15) is 0 Å². The molecule has 25 heavy (non-hydrogen) atoms. The zero-order valence-electron chi connectivity index (χ0n) is 13.6. The molecule has 6 heteroatoms. The van der Waals surface area contributed by atoms with Gasteiger partial charge in [0.05, 0.1) is 28.1 Å². The zero-order valence-corrected chi connectivity index (χ0v) is 16.0. The molecule has 0 bridgehead atoms. The Kier molecular flexibility index (Phi) is 3.89. The predicted octanol–water partition coefficient (Wildman–Crippen LogP) is 4.25. The highest BCUT2D eigenvalue weighted by atomic mass is 79.9. The van der Waals surface area contributed by atoms with E-state index in [2.05, 4.69) is 21.2 Å². The summed E-state index contributed by atoms with van der Waals surface area (Å²) < 4.78 is 5.95. The highest BCUT2D eigenvalue weighted by molar-refractivity contribution is 9.11. The number of benzene rings is 1. The second kappa shape index (κ2) is 5.97. The molecule has 2 aromatic rings. The lowest BCUT2D eigenvalue weighted by Gasteiger charge is -2.28. The first-order valence-electron chi connectivity index (χ1n) is 7.72. The third kappa shape index (κ3) is 2.40. The van der Waals surface area contributed by atoms with Gasteiger partial charge in [0.15, 0.2) is 5.78 Å². The van der Waals surface area contributed by atoms with Crippen LogP contribution in [0.5, 0.6) is 0 Å². The number of carbonyl (C=O) groups is 2. The quantitative estimate of drug-likeness (QED) is 0.744. The normalized spacial score (nSPS) is 18.8. The molecule has 0 radical (unpaired) electrons. The number of thiophene rings is 1. The maximum absolute atomic E-state index is 13.1. The van der Waals surface area contributed by atoms with Gasteiger partial charge in [-0.2, -0.15) is 0 Å². The minimum Gasteiger partial charge on any atom is -0.466 e. The highest BCUT2D eigenvalue weighted by Crippen LogP contribution is 2.48. The van der Waals surface area contributed by atoms with E-state index in [1.165, 1.54) is 18.4 Å². The molecule has 0 saturated carbocycles. The zero-order chi connectivity index (χ0) is 17.7. The first kappa shape index (κ1) is 16.3. The number of hydrogen-bond acceptors (Lipinski definition) is 5. The van der Waals surface area contributed by atoms with Crippen molar-refractivity contribution in [1.29, 1.82) is 0 Å². The molecule has 1 aromatic heterocycles. The first-order chi connectivity index (χ1) is 12.0. The maximum Gasteiger partial charge on any atom is 0.336 e. The van der Waals surface area contributed by atoms with Gasteiger partial charge in [0, 0.05) is 27.3 Å². The van der Waals surface area contributed by atoms with Gasteiger partial charge in [-0.25, -0.2) is 4.79 Å². The van der Waals surface area contributed by atoms with E-state index in [0.717, 1.165) is 19.9 Å². The molecule has 1 aromatic carbocycles. The SMILES string of the molecule is COC(=O)C1=C(C)NC2=C(C(=O)c3ccccc32)[C@H]1c1ccc(Br)s1. The van der Waals surface area contributed by atoms with Crippen molar-refractivity contribution in [2.75, 3.05) is 7.11 Å². The van der Waals surface area contributed by atoms with Crippen LogP contribution in [0.15, 0.2) is 57.0 Å². The van der Waals surface area contributed by atoms with Gasteiger partial charge in [-0.15, -0.1) is 11.3 Å². The van der Waals surface area contributed by atoms with Crippen LogP contribution in [-0.2, 0) is 9.53 Å². The number of carbonyl (C=O) groups excluding carboxylic acids is 2. The van der Waals surface area contributed by atoms with Gasteiger partial charge < -0.3 is 10.1 Å². The number of halogens is 1. The fraction of sp³-hybridized carbons (Fsp3) is 0.158. The molecule has 2 aliphatic rings. The summed E-state index contributed by atoms with van der Waals surface area (Å²) in [6.45, 7) is 1.84. The van der Waals surface area contributed by atoms with Gasteiger partial charge in [-0.3, -0.25) is 4.79 Å². The molecule has 4 rings (SSSR count). The fourth-order valence-corrected chi connectivity index (χ4v) is 5.02. The number of esters is 1. The molecular formula is C19H14BrNO3S. The molecule has 0 amide bonds. The van der Waals surface area contributed by atoms with Crippen molar-refractivity contribution < 1.29 is 14.3 Å². The van der Waals surface area contributed by atoms with Gasteiger partial charge in [0.2, 0.25) is 0 Å². The Bertz CT molecular complexity index is 986. The van der Waals surface area contributed by atoms with E-state index in [-0.39, 0.29) is 5.78 Å². The minimum atomic E-state index is -0.431. The number of ether oxygens (including phenoxy) is 1. The summed E-state index contributed by atoms with van der Waals surface area (Å²) in [4.78, 5) is 26.5. The van der Waals surface area contributed by atoms with Gasteiger partial charge in [-0.1, -0.05) is 24.3 Å². The molecule has 1 aliphatic heterocycles. The number of hydrogen-bond donors (Lipinski definition) is 1. The smallest absolute Gasteiger partial charge is 0.336 e. The van der Waals surface area contributed by atoms with Crippen molar-refractivity contribution in [3.63, 3.8) is 0 Å². The van der Waals surface area contributed by atoms with E-state index >= 15 is 0 Å². The summed E-state index contributed by atoms with van der Waals surface area (Å²) in [5, 5.41) is 3.27. The monoisotopic (exact) mass is 415 g/mol. The lowest BCUT2D eigenvalue weighted by molar-refractivity contribution is -0.136. The van der Waals surface area contributed by atoms with Gasteiger partial charge in [-0.05, 0) is 35.0 Å². The van der Waals surface area contributed by atoms with Crippen LogP contribution in [0.25, 0.3) is 5.70 Å². The van der Waals surface area contributed by atoms with Crippen LogP contribution < -0.4 is 5.32 Å². The topological polar surface area (TPSA) is 55.4 Å². The number of nitrogens with one attached hydrogen (secondary N) is 1. The first-order valence-corrected chi connectivity index (χ1v) is 9.33. The number of methoxy groups -OCH3 is 1. The standard InChI is InChI=1S/C19H14BrNO3S/c1-9-14(19(23)24-2)15(12-7-8-13(20)25-12)16-17(21-9)10-5-3-4-6-11(10)18(16)22/h3-8,15,21H,1-2H3/t15-/m0/s1. The van der Waals surface area contributed by atoms with E-state index in [4.69, 9.17) is 4.74 Å².